The molecule has 5 heteroatoms. The Kier molecular flexibility index (Phi) is 5.61. The molecule has 1 amide bonds. The second-order valence-corrected chi connectivity index (χ2v) is 6.88. The van der Waals surface area contributed by atoms with Gasteiger partial charge in [0.15, 0.2) is 0 Å². The van der Waals surface area contributed by atoms with Crippen molar-refractivity contribution in [3.8, 4) is 0 Å². The van der Waals surface area contributed by atoms with Crippen molar-refractivity contribution in [3.05, 3.63) is 58.9 Å². The van der Waals surface area contributed by atoms with Crippen molar-refractivity contribution in [2.45, 2.75) is 32.7 Å². The lowest BCUT2D eigenvalue weighted by Crippen LogP contribution is -2.40. The fourth-order valence-corrected chi connectivity index (χ4v) is 2.29. The first kappa shape index (κ1) is 17.3. The molecule has 0 aliphatic carbocycles. The third-order valence-electron chi connectivity index (χ3n) is 3.12. The van der Waals surface area contributed by atoms with E-state index in [4.69, 9.17) is 11.6 Å². The maximum Gasteiger partial charge on any atom is 0.270 e. The summed E-state index contributed by atoms with van der Waals surface area (Å²) in [5, 5.41) is 6.93. The molecule has 0 saturated heterocycles. The molecule has 0 atom stereocenters. The smallest absolute Gasteiger partial charge is 0.270 e. The number of hydrogen-bond acceptors (Lipinski definition) is 3. The number of aromatic nitrogens is 1. The third kappa shape index (κ3) is 5.91. The van der Waals surface area contributed by atoms with Crippen LogP contribution in [0.1, 0.15) is 36.8 Å². The number of carbonyl (C=O) groups excluding carboxylic acids is 1. The minimum absolute atomic E-state index is 0.164. The summed E-state index contributed by atoms with van der Waals surface area (Å²) < 4.78 is 0. The molecule has 0 bridgehead atoms. The van der Waals surface area contributed by atoms with Crippen molar-refractivity contribution < 1.29 is 4.79 Å². The first-order valence-electron chi connectivity index (χ1n) is 7.60. The van der Waals surface area contributed by atoms with Gasteiger partial charge in [0.05, 0.1) is 11.9 Å². The Balaban J connectivity index is 1.86. The first-order chi connectivity index (χ1) is 10.8. The fourth-order valence-electron chi connectivity index (χ4n) is 2.08. The molecule has 1 heterocycles. The SMILES string of the molecule is CC(C)(C)NC(=O)c1ccc(NCCc2cccc(Cl)c2)cn1. The zero-order chi connectivity index (χ0) is 16.9. The van der Waals surface area contributed by atoms with E-state index in [9.17, 15) is 4.79 Å². The quantitative estimate of drug-likeness (QED) is 0.873. The predicted octanol–water partition coefficient (Wildman–Crippen LogP) is 3.92. The average molecular weight is 332 g/mol. The number of rotatable bonds is 5. The zero-order valence-electron chi connectivity index (χ0n) is 13.7. The molecule has 23 heavy (non-hydrogen) atoms. The van der Waals surface area contributed by atoms with E-state index in [0.29, 0.717) is 5.69 Å². The van der Waals surface area contributed by atoms with E-state index in [-0.39, 0.29) is 11.4 Å². The Morgan fingerprint density at radius 2 is 2.00 bits per heavy atom. The molecule has 0 radical (unpaired) electrons. The summed E-state index contributed by atoms with van der Waals surface area (Å²) in [5.74, 6) is -0.164. The van der Waals surface area contributed by atoms with Gasteiger partial charge in [0.25, 0.3) is 5.91 Å². The summed E-state index contributed by atoms with van der Waals surface area (Å²) in [6.07, 6.45) is 2.54. The lowest BCUT2D eigenvalue weighted by atomic mass is 10.1. The molecule has 0 aliphatic rings. The van der Waals surface area contributed by atoms with E-state index >= 15 is 0 Å². The maximum atomic E-state index is 12.0. The summed E-state index contributed by atoms with van der Waals surface area (Å²) in [6, 6.07) is 11.4. The predicted molar refractivity (Wildman–Crippen MR) is 95.1 cm³/mol. The van der Waals surface area contributed by atoms with Gasteiger partial charge in [-0.05, 0) is 57.0 Å². The Bertz CT molecular complexity index is 663. The highest BCUT2D eigenvalue weighted by Gasteiger charge is 2.15. The standard InChI is InChI=1S/C18H22ClN3O/c1-18(2,3)22-17(23)16-8-7-15(12-21-16)20-10-9-13-5-4-6-14(19)11-13/h4-8,11-12,20H,9-10H2,1-3H3,(H,22,23). The minimum atomic E-state index is -0.271. The number of pyridine rings is 1. The summed E-state index contributed by atoms with van der Waals surface area (Å²) >= 11 is 5.97. The molecule has 1 aromatic heterocycles. The molecule has 0 fully saturated rings. The fraction of sp³-hybridized carbons (Fsp3) is 0.333. The van der Waals surface area contributed by atoms with Gasteiger partial charge < -0.3 is 10.6 Å². The highest BCUT2D eigenvalue weighted by atomic mass is 35.5. The topological polar surface area (TPSA) is 54.0 Å². The van der Waals surface area contributed by atoms with Crippen LogP contribution in [0.15, 0.2) is 42.6 Å². The first-order valence-corrected chi connectivity index (χ1v) is 7.98. The lowest BCUT2D eigenvalue weighted by molar-refractivity contribution is 0.0914. The molecule has 122 valence electrons. The number of amides is 1. The molecule has 0 unspecified atom stereocenters. The van der Waals surface area contributed by atoms with Gasteiger partial charge in [-0.15, -0.1) is 0 Å². The molecule has 1 aromatic carbocycles. The Hall–Kier alpha value is -2.07. The largest absolute Gasteiger partial charge is 0.383 e. The lowest BCUT2D eigenvalue weighted by Gasteiger charge is -2.20. The number of carbonyl (C=O) groups is 1. The van der Waals surface area contributed by atoms with Crippen LogP contribution in [0.3, 0.4) is 0 Å². The number of nitrogens with one attached hydrogen (secondary N) is 2. The van der Waals surface area contributed by atoms with Gasteiger partial charge in [-0.25, -0.2) is 4.98 Å². The van der Waals surface area contributed by atoms with Crippen molar-refractivity contribution in [2.75, 3.05) is 11.9 Å². The molecule has 2 N–H and O–H groups in total. The number of anilines is 1. The van der Waals surface area contributed by atoms with Crippen LogP contribution in [-0.4, -0.2) is 23.0 Å². The van der Waals surface area contributed by atoms with Crippen LogP contribution in [0, 0.1) is 0 Å². The van der Waals surface area contributed by atoms with Gasteiger partial charge in [0.1, 0.15) is 5.69 Å². The number of halogens is 1. The molecule has 4 nitrogen and oxygen atoms in total. The molecular weight excluding hydrogens is 310 g/mol. The zero-order valence-corrected chi connectivity index (χ0v) is 14.4. The van der Waals surface area contributed by atoms with Gasteiger partial charge in [-0.3, -0.25) is 4.79 Å². The molecule has 2 aromatic rings. The summed E-state index contributed by atoms with van der Waals surface area (Å²) in [5.41, 5.74) is 2.21. The van der Waals surface area contributed by atoms with Crippen LogP contribution >= 0.6 is 11.6 Å². The van der Waals surface area contributed by atoms with E-state index < -0.39 is 0 Å². The van der Waals surface area contributed by atoms with Crippen molar-refractivity contribution in [1.29, 1.82) is 0 Å². The number of nitrogens with zero attached hydrogens (tertiary/aromatic N) is 1. The van der Waals surface area contributed by atoms with Crippen molar-refractivity contribution in [1.82, 2.24) is 10.3 Å². The molecule has 0 spiro atoms. The van der Waals surface area contributed by atoms with Crippen LogP contribution in [0.2, 0.25) is 5.02 Å². The van der Waals surface area contributed by atoms with Crippen LogP contribution in [-0.2, 0) is 6.42 Å². The van der Waals surface area contributed by atoms with Crippen LogP contribution in [0.4, 0.5) is 5.69 Å². The average Bonchev–Trinajstić information content (AvgIpc) is 2.46. The molecular formula is C18H22ClN3O. The van der Waals surface area contributed by atoms with Gasteiger partial charge in [0.2, 0.25) is 0 Å². The van der Waals surface area contributed by atoms with E-state index in [1.165, 1.54) is 5.56 Å². The van der Waals surface area contributed by atoms with Gasteiger partial charge in [0, 0.05) is 17.1 Å². The van der Waals surface area contributed by atoms with Gasteiger partial charge in [-0.2, -0.15) is 0 Å². The monoisotopic (exact) mass is 331 g/mol. The Labute approximate surface area is 142 Å². The van der Waals surface area contributed by atoms with Crippen LogP contribution in [0.25, 0.3) is 0 Å². The number of benzene rings is 1. The van der Waals surface area contributed by atoms with E-state index in [2.05, 4.69) is 15.6 Å². The summed E-state index contributed by atoms with van der Waals surface area (Å²) in [6.45, 7) is 6.60. The van der Waals surface area contributed by atoms with E-state index in [0.717, 1.165) is 23.7 Å². The summed E-state index contributed by atoms with van der Waals surface area (Å²) in [7, 11) is 0. The highest BCUT2D eigenvalue weighted by Crippen LogP contribution is 2.12. The van der Waals surface area contributed by atoms with Crippen LogP contribution in [0.5, 0.6) is 0 Å². The second kappa shape index (κ2) is 7.47. The normalized spacial score (nSPS) is 11.1. The molecule has 0 saturated carbocycles. The van der Waals surface area contributed by atoms with Crippen molar-refractivity contribution >= 4 is 23.2 Å². The van der Waals surface area contributed by atoms with Crippen molar-refractivity contribution in [2.24, 2.45) is 0 Å². The maximum absolute atomic E-state index is 12.0. The molecule has 0 aliphatic heterocycles. The number of hydrogen-bond donors (Lipinski definition) is 2. The van der Waals surface area contributed by atoms with Gasteiger partial charge in [-0.1, -0.05) is 23.7 Å². The molecule has 2 rings (SSSR count). The van der Waals surface area contributed by atoms with E-state index in [1.807, 2.05) is 51.1 Å². The Morgan fingerprint density at radius 1 is 1.22 bits per heavy atom. The highest BCUT2D eigenvalue weighted by molar-refractivity contribution is 6.30. The van der Waals surface area contributed by atoms with E-state index in [1.54, 1.807) is 12.3 Å². The van der Waals surface area contributed by atoms with Gasteiger partial charge >= 0.3 is 0 Å². The minimum Gasteiger partial charge on any atom is -0.383 e. The second-order valence-electron chi connectivity index (χ2n) is 6.44. The van der Waals surface area contributed by atoms with Crippen LogP contribution < -0.4 is 10.6 Å². The Morgan fingerprint density at radius 3 is 2.61 bits per heavy atom. The van der Waals surface area contributed by atoms with Crippen molar-refractivity contribution in [3.63, 3.8) is 0 Å². The summed E-state index contributed by atoms with van der Waals surface area (Å²) in [4.78, 5) is 16.2. The third-order valence-corrected chi connectivity index (χ3v) is 3.35.